The molecule has 4 rings (SSSR count). The van der Waals surface area contributed by atoms with Crippen LogP contribution in [0.3, 0.4) is 0 Å². The van der Waals surface area contributed by atoms with E-state index in [1.807, 2.05) is 23.5 Å². The number of imidazole rings is 1. The monoisotopic (exact) mass is 378 g/mol. The molecule has 3 heterocycles. The number of thiophene rings is 1. The highest BCUT2D eigenvalue weighted by Crippen LogP contribution is 2.29. The van der Waals surface area contributed by atoms with Gasteiger partial charge in [-0.05, 0) is 43.2 Å². The standard InChI is InChI=1S/C22H26N4S/c1-2-3-13-19-25-20-21(17-11-4-5-12-18(17)24-22(20)23)26(19)14-7-6-9-16-10-8-15-27-16/h4-5,8,10-12,15H,2-3,6-7,9,13-14H2,1H3,(H2,23,24). The quantitative estimate of drug-likeness (QED) is 0.406. The van der Waals surface area contributed by atoms with Gasteiger partial charge in [0.1, 0.15) is 11.3 Å². The van der Waals surface area contributed by atoms with E-state index in [4.69, 9.17) is 10.7 Å². The minimum atomic E-state index is 0.541. The topological polar surface area (TPSA) is 56.7 Å². The number of nitrogens with zero attached hydrogens (tertiary/aromatic N) is 3. The Morgan fingerprint density at radius 2 is 1.89 bits per heavy atom. The van der Waals surface area contributed by atoms with Gasteiger partial charge in [-0.3, -0.25) is 0 Å². The molecule has 4 nitrogen and oxygen atoms in total. The number of nitrogen functional groups attached to an aromatic ring is 1. The normalized spacial score (nSPS) is 11.6. The highest BCUT2D eigenvalue weighted by molar-refractivity contribution is 7.09. The zero-order valence-corrected chi connectivity index (χ0v) is 16.6. The molecular weight excluding hydrogens is 352 g/mol. The molecule has 0 saturated carbocycles. The molecule has 27 heavy (non-hydrogen) atoms. The van der Waals surface area contributed by atoms with Gasteiger partial charge in [-0.15, -0.1) is 11.3 Å². The Morgan fingerprint density at radius 1 is 1.00 bits per heavy atom. The Kier molecular flexibility index (Phi) is 5.39. The Bertz CT molecular complexity index is 1030. The molecule has 1 aromatic carbocycles. The van der Waals surface area contributed by atoms with E-state index in [1.165, 1.54) is 11.3 Å². The van der Waals surface area contributed by atoms with Crippen LogP contribution in [0.4, 0.5) is 5.82 Å². The first-order chi connectivity index (χ1) is 13.3. The van der Waals surface area contributed by atoms with Gasteiger partial charge in [0.2, 0.25) is 0 Å². The number of hydrogen-bond acceptors (Lipinski definition) is 4. The number of aryl methyl sites for hydroxylation is 3. The molecule has 0 spiro atoms. The molecule has 3 aromatic heterocycles. The maximum Gasteiger partial charge on any atom is 0.152 e. The van der Waals surface area contributed by atoms with E-state index >= 15 is 0 Å². The molecule has 0 fully saturated rings. The number of nitrogens with two attached hydrogens (primary N) is 1. The van der Waals surface area contributed by atoms with Crippen molar-refractivity contribution in [2.45, 2.75) is 52.0 Å². The van der Waals surface area contributed by atoms with Crippen LogP contribution in [0.15, 0.2) is 41.8 Å². The van der Waals surface area contributed by atoms with E-state index in [1.54, 1.807) is 0 Å². The van der Waals surface area contributed by atoms with Crippen molar-refractivity contribution in [1.82, 2.24) is 14.5 Å². The predicted molar refractivity (Wildman–Crippen MR) is 115 cm³/mol. The number of benzene rings is 1. The van der Waals surface area contributed by atoms with E-state index in [2.05, 4.69) is 46.1 Å². The van der Waals surface area contributed by atoms with Gasteiger partial charge in [-0.1, -0.05) is 37.6 Å². The van der Waals surface area contributed by atoms with E-state index in [0.29, 0.717) is 5.82 Å². The number of hydrogen-bond donors (Lipinski definition) is 1. The fraction of sp³-hybridized carbons (Fsp3) is 0.364. The van der Waals surface area contributed by atoms with Crippen molar-refractivity contribution in [3.8, 4) is 0 Å². The minimum Gasteiger partial charge on any atom is -0.382 e. The number of pyridine rings is 1. The SMILES string of the molecule is CCCCc1nc2c(N)nc3ccccc3c2n1CCCCc1cccs1. The number of fused-ring (bicyclic) bond motifs is 3. The summed E-state index contributed by atoms with van der Waals surface area (Å²) < 4.78 is 2.40. The van der Waals surface area contributed by atoms with Crippen molar-refractivity contribution in [3.05, 3.63) is 52.5 Å². The number of aromatic nitrogens is 3. The first-order valence-electron chi connectivity index (χ1n) is 9.83. The molecule has 5 heteroatoms. The highest BCUT2D eigenvalue weighted by Gasteiger charge is 2.16. The van der Waals surface area contributed by atoms with Gasteiger partial charge >= 0.3 is 0 Å². The third-order valence-electron chi connectivity index (χ3n) is 5.08. The van der Waals surface area contributed by atoms with Crippen LogP contribution in [0.25, 0.3) is 21.9 Å². The summed E-state index contributed by atoms with van der Waals surface area (Å²) in [7, 11) is 0. The van der Waals surface area contributed by atoms with Crippen LogP contribution in [-0.4, -0.2) is 14.5 Å². The van der Waals surface area contributed by atoms with Crippen LogP contribution >= 0.6 is 11.3 Å². The second-order valence-electron chi connectivity index (χ2n) is 7.03. The minimum absolute atomic E-state index is 0.541. The van der Waals surface area contributed by atoms with E-state index in [-0.39, 0.29) is 0 Å². The van der Waals surface area contributed by atoms with E-state index in [9.17, 15) is 0 Å². The molecule has 4 aromatic rings. The maximum absolute atomic E-state index is 6.27. The highest BCUT2D eigenvalue weighted by atomic mass is 32.1. The molecule has 0 aliphatic heterocycles. The van der Waals surface area contributed by atoms with Crippen LogP contribution in [0.5, 0.6) is 0 Å². The predicted octanol–water partition coefficient (Wildman–Crippen LogP) is 5.59. The zero-order valence-electron chi connectivity index (χ0n) is 15.8. The Labute approximate surface area is 164 Å². The van der Waals surface area contributed by atoms with Crippen LogP contribution in [0, 0.1) is 0 Å². The van der Waals surface area contributed by atoms with Gasteiger partial charge in [-0.25, -0.2) is 9.97 Å². The van der Waals surface area contributed by atoms with Gasteiger partial charge < -0.3 is 10.3 Å². The number of unbranched alkanes of at least 4 members (excludes halogenated alkanes) is 2. The molecule has 0 bridgehead atoms. The largest absolute Gasteiger partial charge is 0.382 e. The third-order valence-corrected chi connectivity index (χ3v) is 6.01. The Balaban J connectivity index is 1.68. The Morgan fingerprint density at radius 3 is 2.70 bits per heavy atom. The lowest BCUT2D eigenvalue weighted by Gasteiger charge is -2.11. The maximum atomic E-state index is 6.27. The molecule has 0 unspecified atom stereocenters. The van der Waals surface area contributed by atoms with Crippen molar-refractivity contribution >= 4 is 39.1 Å². The summed E-state index contributed by atoms with van der Waals surface area (Å²) in [5.74, 6) is 1.69. The fourth-order valence-electron chi connectivity index (χ4n) is 3.70. The third kappa shape index (κ3) is 3.69. The van der Waals surface area contributed by atoms with E-state index in [0.717, 1.165) is 66.4 Å². The molecule has 0 atom stereocenters. The second kappa shape index (κ2) is 8.09. The number of anilines is 1. The lowest BCUT2D eigenvalue weighted by atomic mass is 10.1. The number of para-hydroxylation sites is 1. The summed E-state index contributed by atoms with van der Waals surface area (Å²) >= 11 is 1.85. The first kappa shape index (κ1) is 18.0. The van der Waals surface area contributed by atoms with Crippen molar-refractivity contribution in [2.24, 2.45) is 0 Å². The van der Waals surface area contributed by atoms with Gasteiger partial charge in [-0.2, -0.15) is 0 Å². The summed E-state index contributed by atoms with van der Waals surface area (Å²) in [4.78, 5) is 10.9. The number of rotatable bonds is 8. The fourth-order valence-corrected chi connectivity index (χ4v) is 4.45. The van der Waals surface area contributed by atoms with Crippen LogP contribution < -0.4 is 5.73 Å². The van der Waals surface area contributed by atoms with Crippen molar-refractivity contribution in [3.63, 3.8) is 0 Å². The van der Waals surface area contributed by atoms with E-state index < -0.39 is 0 Å². The summed E-state index contributed by atoms with van der Waals surface area (Å²) in [6, 6.07) is 12.6. The first-order valence-corrected chi connectivity index (χ1v) is 10.7. The van der Waals surface area contributed by atoms with Crippen LogP contribution in [0.2, 0.25) is 0 Å². The summed E-state index contributed by atoms with van der Waals surface area (Å²) in [6.45, 7) is 3.20. The smallest absolute Gasteiger partial charge is 0.152 e. The van der Waals surface area contributed by atoms with Crippen LogP contribution in [-0.2, 0) is 19.4 Å². The molecule has 0 amide bonds. The molecule has 0 saturated heterocycles. The van der Waals surface area contributed by atoms with Crippen molar-refractivity contribution in [2.75, 3.05) is 5.73 Å². The van der Waals surface area contributed by atoms with Crippen molar-refractivity contribution in [1.29, 1.82) is 0 Å². The Hall–Kier alpha value is -2.40. The molecule has 2 N–H and O–H groups in total. The molecule has 140 valence electrons. The lowest BCUT2D eigenvalue weighted by molar-refractivity contribution is 0.590. The summed E-state index contributed by atoms with van der Waals surface area (Å²) in [5.41, 5.74) is 9.23. The van der Waals surface area contributed by atoms with Gasteiger partial charge in [0.05, 0.1) is 11.0 Å². The van der Waals surface area contributed by atoms with Gasteiger partial charge in [0.25, 0.3) is 0 Å². The van der Waals surface area contributed by atoms with Gasteiger partial charge in [0.15, 0.2) is 5.82 Å². The zero-order chi connectivity index (χ0) is 18.6. The average molecular weight is 379 g/mol. The lowest BCUT2D eigenvalue weighted by Crippen LogP contribution is -2.05. The van der Waals surface area contributed by atoms with Crippen LogP contribution in [0.1, 0.15) is 43.3 Å². The molecule has 0 aliphatic carbocycles. The average Bonchev–Trinajstić information content (AvgIpc) is 3.32. The summed E-state index contributed by atoms with van der Waals surface area (Å²) in [6.07, 6.45) is 6.77. The molecule has 0 aliphatic rings. The molecule has 0 radical (unpaired) electrons. The van der Waals surface area contributed by atoms with Crippen molar-refractivity contribution < 1.29 is 0 Å². The summed E-state index contributed by atoms with van der Waals surface area (Å²) in [5, 5.41) is 3.30. The molecular formula is C22H26N4S. The van der Waals surface area contributed by atoms with Gasteiger partial charge in [0, 0.05) is 23.2 Å². The second-order valence-corrected chi connectivity index (χ2v) is 8.06.